The number of nitrogens with zero attached hydrogens (tertiary/aromatic N) is 2. The minimum Gasteiger partial charge on any atom is -0.489 e. The van der Waals surface area contributed by atoms with E-state index < -0.39 is 33.8 Å². The number of aromatic amines is 1. The fourth-order valence-corrected chi connectivity index (χ4v) is 7.95. The van der Waals surface area contributed by atoms with Crippen LogP contribution in [0, 0.1) is 23.0 Å². The number of ether oxygens (including phenoxy) is 1. The highest BCUT2D eigenvalue weighted by molar-refractivity contribution is 9.10. The number of non-ortho nitro benzene ring substituents is 1. The predicted molar refractivity (Wildman–Crippen MR) is 155 cm³/mol. The largest absolute Gasteiger partial charge is 0.489 e. The molecule has 2 unspecified atom stereocenters. The number of halogens is 1. The van der Waals surface area contributed by atoms with Gasteiger partial charge in [0.2, 0.25) is 11.8 Å². The number of aromatic nitrogens is 1. The van der Waals surface area contributed by atoms with E-state index in [0.29, 0.717) is 26.9 Å². The molecule has 1 N–H and O–H groups in total. The lowest BCUT2D eigenvalue weighted by molar-refractivity contribution is -0.385. The fraction of sp³-hybridized carbons (Fsp3) is 0.179. The van der Waals surface area contributed by atoms with Gasteiger partial charge in [-0.2, -0.15) is 0 Å². The Bertz CT molecular complexity index is 1730. The van der Waals surface area contributed by atoms with Crippen molar-refractivity contribution in [3.8, 4) is 5.75 Å². The molecule has 0 radical (unpaired) electrons. The zero-order valence-corrected chi connectivity index (χ0v) is 24.0. The number of thiazole rings is 1. The van der Waals surface area contributed by atoms with E-state index in [2.05, 4.69) is 20.9 Å². The summed E-state index contributed by atoms with van der Waals surface area (Å²) in [7, 11) is 0. The number of rotatable bonds is 6. The molecule has 40 heavy (non-hydrogen) atoms. The highest BCUT2D eigenvalue weighted by Crippen LogP contribution is 2.55. The standard InChI is InChI=1S/C28H20BrN3O6S2/c1-14-3-2-4-15(11-14)13-38-20-10-9-18(32(36)37)12-19(20)21-22-24(39-25-23(21)40-28(35)30-25)27(34)31(26(22)33)17-7-5-16(29)6-8-17/h2-12,21-22,24H,13H2,1H3,(H,30,35)/t21-,22?,24?/m1/s1. The van der Waals surface area contributed by atoms with Gasteiger partial charge in [0, 0.05) is 33.0 Å². The SMILES string of the molecule is Cc1cccc(COc2ccc([N+](=O)[O-])cc2[C@H]2c3sc(=O)[nH]c3SC3C(=O)N(c4ccc(Br)cc4)C(=O)C32)c1. The van der Waals surface area contributed by atoms with Crippen LogP contribution in [0.2, 0.25) is 0 Å². The molecule has 2 aliphatic rings. The number of carbonyl (C=O) groups is 2. The minimum absolute atomic E-state index is 0.182. The van der Waals surface area contributed by atoms with E-state index in [4.69, 9.17) is 4.74 Å². The van der Waals surface area contributed by atoms with Gasteiger partial charge in [0.1, 0.15) is 17.6 Å². The van der Waals surface area contributed by atoms with Crippen molar-refractivity contribution in [1.29, 1.82) is 0 Å². The first-order chi connectivity index (χ1) is 19.2. The van der Waals surface area contributed by atoms with E-state index in [1.807, 2.05) is 31.2 Å². The van der Waals surface area contributed by atoms with Gasteiger partial charge in [0.25, 0.3) is 5.69 Å². The molecule has 2 aliphatic heterocycles. The Morgan fingerprint density at radius 2 is 1.82 bits per heavy atom. The third-order valence-electron chi connectivity index (χ3n) is 6.92. The van der Waals surface area contributed by atoms with Crippen LogP contribution in [0.25, 0.3) is 0 Å². The van der Waals surface area contributed by atoms with Crippen molar-refractivity contribution in [2.24, 2.45) is 5.92 Å². The summed E-state index contributed by atoms with van der Waals surface area (Å²) < 4.78 is 6.99. The van der Waals surface area contributed by atoms with E-state index in [-0.39, 0.29) is 17.2 Å². The van der Waals surface area contributed by atoms with Gasteiger partial charge in [-0.3, -0.25) is 24.5 Å². The van der Waals surface area contributed by atoms with Crippen LogP contribution in [0.4, 0.5) is 11.4 Å². The summed E-state index contributed by atoms with van der Waals surface area (Å²) in [5.41, 5.74) is 2.59. The quantitative estimate of drug-likeness (QED) is 0.161. The molecule has 0 saturated carbocycles. The number of hydrogen-bond donors (Lipinski definition) is 1. The fourth-order valence-electron chi connectivity index (χ4n) is 5.18. The summed E-state index contributed by atoms with van der Waals surface area (Å²) >= 11 is 5.46. The number of hydrogen-bond acceptors (Lipinski definition) is 8. The summed E-state index contributed by atoms with van der Waals surface area (Å²) in [6, 6.07) is 18.9. The zero-order chi connectivity index (χ0) is 28.1. The van der Waals surface area contributed by atoms with Crippen LogP contribution in [0.1, 0.15) is 27.5 Å². The average Bonchev–Trinajstić information content (AvgIpc) is 3.42. The number of nitrogens with one attached hydrogen (secondary N) is 1. The first-order valence-corrected chi connectivity index (χ1v) is 14.7. The number of imide groups is 1. The van der Waals surface area contributed by atoms with E-state index in [0.717, 1.165) is 38.7 Å². The number of fused-ring (bicyclic) bond motifs is 2. The molecule has 1 aromatic heterocycles. The Morgan fingerprint density at radius 3 is 2.55 bits per heavy atom. The Morgan fingerprint density at radius 1 is 1.05 bits per heavy atom. The summed E-state index contributed by atoms with van der Waals surface area (Å²) in [4.78, 5) is 55.6. The van der Waals surface area contributed by atoms with Crippen molar-refractivity contribution in [3.05, 3.63) is 113 Å². The number of amides is 2. The molecule has 202 valence electrons. The Balaban J connectivity index is 1.48. The van der Waals surface area contributed by atoms with Crippen molar-refractivity contribution < 1.29 is 19.2 Å². The Hall–Kier alpha value is -3.74. The third kappa shape index (κ3) is 4.65. The molecular weight excluding hydrogens is 618 g/mol. The number of nitro groups is 1. The van der Waals surface area contributed by atoms with Crippen LogP contribution in [-0.2, 0) is 16.2 Å². The maximum atomic E-state index is 14.0. The Labute approximate surface area is 244 Å². The first-order valence-electron chi connectivity index (χ1n) is 12.2. The molecule has 0 bridgehead atoms. The number of carbonyl (C=O) groups excluding carboxylic acids is 2. The topological polar surface area (TPSA) is 123 Å². The highest BCUT2D eigenvalue weighted by atomic mass is 79.9. The molecule has 6 rings (SSSR count). The normalized spacial score (nSPS) is 19.9. The van der Waals surface area contributed by atoms with Crippen LogP contribution < -0.4 is 14.5 Å². The molecule has 1 saturated heterocycles. The second-order valence-electron chi connectivity index (χ2n) is 9.50. The average molecular weight is 639 g/mol. The van der Waals surface area contributed by atoms with Crippen LogP contribution in [0.15, 0.2) is 81.0 Å². The molecule has 0 aliphatic carbocycles. The molecular formula is C28H20BrN3O6S2. The lowest BCUT2D eigenvalue weighted by atomic mass is 9.82. The number of anilines is 1. The highest BCUT2D eigenvalue weighted by Gasteiger charge is 2.57. The molecule has 1 fully saturated rings. The zero-order valence-electron chi connectivity index (χ0n) is 20.8. The molecule has 9 nitrogen and oxygen atoms in total. The minimum atomic E-state index is -0.900. The third-order valence-corrected chi connectivity index (χ3v) is 9.85. The summed E-state index contributed by atoms with van der Waals surface area (Å²) in [6.45, 7) is 2.16. The van der Waals surface area contributed by atoms with Crippen molar-refractivity contribution >= 4 is 62.2 Å². The number of benzene rings is 3. The molecule has 3 heterocycles. The second-order valence-corrected chi connectivity index (χ2v) is 12.6. The van der Waals surface area contributed by atoms with Crippen molar-refractivity contribution in [1.82, 2.24) is 4.98 Å². The van der Waals surface area contributed by atoms with Crippen molar-refractivity contribution in [3.63, 3.8) is 0 Å². The molecule has 4 aromatic rings. The summed E-state index contributed by atoms with van der Waals surface area (Å²) in [6.07, 6.45) is 0. The van der Waals surface area contributed by atoms with E-state index in [1.165, 1.54) is 23.1 Å². The molecule has 2 amide bonds. The van der Waals surface area contributed by atoms with Crippen LogP contribution >= 0.6 is 39.0 Å². The first kappa shape index (κ1) is 26.5. The smallest absolute Gasteiger partial charge is 0.305 e. The van der Waals surface area contributed by atoms with Crippen LogP contribution in [-0.4, -0.2) is 27.0 Å². The molecule has 0 spiro atoms. The number of nitro benzene ring substituents is 1. The van der Waals surface area contributed by atoms with Gasteiger partial charge in [0.05, 0.1) is 21.6 Å². The summed E-state index contributed by atoms with van der Waals surface area (Å²) in [5, 5.41) is 11.4. The monoisotopic (exact) mass is 637 g/mol. The van der Waals surface area contributed by atoms with E-state index in [1.54, 1.807) is 24.3 Å². The van der Waals surface area contributed by atoms with Gasteiger partial charge >= 0.3 is 4.87 Å². The van der Waals surface area contributed by atoms with Gasteiger partial charge in [-0.1, -0.05) is 68.9 Å². The molecule has 3 aromatic carbocycles. The number of thioether (sulfide) groups is 1. The van der Waals surface area contributed by atoms with Gasteiger partial charge < -0.3 is 9.72 Å². The maximum Gasteiger partial charge on any atom is 0.305 e. The van der Waals surface area contributed by atoms with Crippen LogP contribution in [0.5, 0.6) is 5.75 Å². The Kier molecular flexibility index (Phi) is 6.85. The second kappa shape index (κ2) is 10.3. The van der Waals surface area contributed by atoms with Gasteiger partial charge in [-0.15, -0.1) is 0 Å². The lowest BCUT2D eigenvalue weighted by Gasteiger charge is -2.30. The van der Waals surface area contributed by atoms with Gasteiger partial charge in [-0.05, 0) is 42.8 Å². The van der Waals surface area contributed by atoms with Crippen LogP contribution in [0.3, 0.4) is 0 Å². The van der Waals surface area contributed by atoms with Gasteiger partial charge in [0.15, 0.2) is 0 Å². The predicted octanol–water partition coefficient (Wildman–Crippen LogP) is 5.79. The lowest BCUT2D eigenvalue weighted by Crippen LogP contribution is -2.32. The molecule has 12 heteroatoms. The number of aryl methyl sites for hydroxylation is 1. The van der Waals surface area contributed by atoms with Crippen molar-refractivity contribution in [2.45, 2.75) is 29.7 Å². The van der Waals surface area contributed by atoms with Gasteiger partial charge in [-0.25, -0.2) is 4.90 Å². The van der Waals surface area contributed by atoms with E-state index in [9.17, 15) is 24.5 Å². The van der Waals surface area contributed by atoms with E-state index >= 15 is 0 Å². The maximum absolute atomic E-state index is 14.0. The summed E-state index contributed by atoms with van der Waals surface area (Å²) in [5.74, 6) is -2.20. The molecule has 3 atom stereocenters. The number of H-pyrrole nitrogens is 1. The van der Waals surface area contributed by atoms with Crippen molar-refractivity contribution in [2.75, 3.05) is 4.90 Å².